The average Bonchev–Trinajstić information content (AvgIpc) is 2.66. The van der Waals surface area contributed by atoms with Crippen LogP contribution in [0.5, 0.6) is 0 Å². The van der Waals surface area contributed by atoms with Crippen LogP contribution in [-0.2, 0) is 4.74 Å². The molecule has 66 valence electrons. The summed E-state index contributed by atoms with van der Waals surface area (Å²) in [6, 6.07) is 0.579. The highest BCUT2D eigenvalue weighted by Crippen LogP contribution is 2.30. The fourth-order valence-electron chi connectivity index (χ4n) is 1.55. The summed E-state index contributed by atoms with van der Waals surface area (Å²) in [5.74, 6) is 0.643. The van der Waals surface area contributed by atoms with Crippen LogP contribution in [0.2, 0.25) is 0 Å². The zero-order chi connectivity index (χ0) is 8.43. The molecule has 1 rings (SSSR count). The molecule has 11 heavy (non-hydrogen) atoms. The highest BCUT2D eigenvalue weighted by molar-refractivity contribution is 4.89. The maximum absolute atomic E-state index is 5.41. The molecule has 1 N–H and O–H groups in total. The van der Waals surface area contributed by atoms with Crippen LogP contribution in [0.15, 0.2) is 0 Å². The molecule has 1 aliphatic heterocycles. The second kappa shape index (κ2) is 3.55. The summed E-state index contributed by atoms with van der Waals surface area (Å²) in [6.07, 6.45) is 0.996. The first-order valence-electron chi connectivity index (χ1n) is 4.55. The lowest BCUT2D eigenvalue weighted by Crippen LogP contribution is -2.34. The third-order valence-electron chi connectivity index (χ3n) is 2.59. The quantitative estimate of drug-likeness (QED) is 0.624. The molecule has 0 spiro atoms. The van der Waals surface area contributed by atoms with Crippen LogP contribution < -0.4 is 5.32 Å². The zero-order valence-corrected chi connectivity index (χ0v) is 7.92. The number of hydrogen-bond acceptors (Lipinski definition) is 2. The van der Waals surface area contributed by atoms with Crippen molar-refractivity contribution < 1.29 is 4.74 Å². The lowest BCUT2D eigenvalue weighted by Gasteiger charge is -2.18. The number of epoxide rings is 1. The molecule has 0 saturated carbocycles. The van der Waals surface area contributed by atoms with Gasteiger partial charge in [-0.1, -0.05) is 13.8 Å². The third-order valence-corrected chi connectivity index (χ3v) is 2.59. The first kappa shape index (κ1) is 9.01. The van der Waals surface area contributed by atoms with Gasteiger partial charge in [-0.15, -0.1) is 0 Å². The molecule has 1 aliphatic rings. The van der Waals surface area contributed by atoms with Crippen molar-refractivity contribution in [2.45, 2.75) is 45.9 Å². The van der Waals surface area contributed by atoms with Gasteiger partial charge in [0, 0.05) is 6.04 Å². The molecule has 0 amide bonds. The van der Waals surface area contributed by atoms with Gasteiger partial charge in [-0.3, -0.25) is 0 Å². The second-order valence-electron chi connectivity index (χ2n) is 3.51. The van der Waals surface area contributed by atoms with E-state index < -0.39 is 0 Å². The van der Waals surface area contributed by atoms with Crippen molar-refractivity contribution in [1.29, 1.82) is 0 Å². The third kappa shape index (κ3) is 2.17. The summed E-state index contributed by atoms with van der Waals surface area (Å²) >= 11 is 0. The Morgan fingerprint density at radius 1 is 1.45 bits per heavy atom. The molecule has 0 bridgehead atoms. The van der Waals surface area contributed by atoms with Crippen molar-refractivity contribution in [1.82, 2.24) is 5.32 Å². The summed E-state index contributed by atoms with van der Waals surface area (Å²) in [5.41, 5.74) is 0. The second-order valence-corrected chi connectivity index (χ2v) is 3.51. The molecule has 1 fully saturated rings. The normalized spacial score (nSPS) is 34.9. The molecular formula is C9H19NO. The molecule has 0 aromatic heterocycles. The van der Waals surface area contributed by atoms with Gasteiger partial charge < -0.3 is 10.1 Å². The Hall–Kier alpha value is -0.0800. The standard InChI is InChI=1S/C9H19NO/c1-5-10-7(3)6(2)9-8(4)11-9/h6-10H,5H2,1-4H3. The highest BCUT2D eigenvalue weighted by atomic mass is 16.6. The van der Waals surface area contributed by atoms with Gasteiger partial charge >= 0.3 is 0 Å². The molecule has 4 unspecified atom stereocenters. The summed E-state index contributed by atoms with van der Waals surface area (Å²) in [6.45, 7) is 9.80. The van der Waals surface area contributed by atoms with Crippen LogP contribution in [-0.4, -0.2) is 24.8 Å². The zero-order valence-electron chi connectivity index (χ0n) is 7.92. The van der Waals surface area contributed by atoms with Crippen molar-refractivity contribution in [3.05, 3.63) is 0 Å². The van der Waals surface area contributed by atoms with E-state index in [1.807, 2.05) is 0 Å². The Bertz CT molecular complexity index is 127. The predicted molar refractivity (Wildman–Crippen MR) is 46.6 cm³/mol. The van der Waals surface area contributed by atoms with Crippen molar-refractivity contribution in [3.63, 3.8) is 0 Å². The summed E-state index contributed by atoms with van der Waals surface area (Å²) in [4.78, 5) is 0. The summed E-state index contributed by atoms with van der Waals surface area (Å²) < 4.78 is 5.41. The lowest BCUT2D eigenvalue weighted by atomic mass is 9.98. The van der Waals surface area contributed by atoms with E-state index in [-0.39, 0.29) is 0 Å². The fourth-order valence-corrected chi connectivity index (χ4v) is 1.55. The minimum Gasteiger partial charge on any atom is -0.370 e. The van der Waals surface area contributed by atoms with E-state index in [1.54, 1.807) is 0 Å². The van der Waals surface area contributed by atoms with Gasteiger partial charge in [0.25, 0.3) is 0 Å². The van der Waals surface area contributed by atoms with Gasteiger partial charge in [0.15, 0.2) is 0 Å². The topological polar surface area (TPSA) is 24.6 Å². The Morgan fingerprint density at radius 3 is 2.36 bits per heavy atom. The van der Waals surface area contributed by atoms with Crippen molar-refractivity contribution >= 4 is 0 Å². The molecule has 0 aromatic carbocycles. The van der Waals surface area contributed by atoms with E-state index in [1.165, 1.54) is 0 Å². The van der Waals surface area contributed by atoms with Crippen LogP contribution in [0, 0.1) is 5.92 Å². The molecule has 0 aromatic rings. The fraction of sp³-hybridized carbons (Fsp3) is 1.00. The lowest BCUT2D eigenvalue weighted by molar-refractivity contribution is 0.288. The van der Waals surface area contributed by atoms with Gasteiger partial charge in [-0.25, -0.2) is 0 Å². The first-order valence-corrected chi connectivity index (χ1v) is 4.55. The predicted octanol–water partition coefficient (Wildman–Crippen LogP) is 1.41. The van der Waals surface area contributed by atoms with Crippen LogP contribution in [0.4, 0.5) is 0 Å². The smallest absolute Gasteiger partial charge is 0.0879 e. The van der Waals surface area contributed by atoms with Crippen molar-refractivity contribution in [2.24, 2.45) is 5.92 Å². The van der Waals surface area contributed by atoms with E-state index in [4.69, 9.17) is 4.74 Å². The van der Waals surface area contributed by atoms with E-state index in [0.29, 0.717) is 24.2 Å². The highest BCUT2D eigenvalue weighted by Gasteiger charge is 2.40. The molecule has 1 saturated heterocycles. The Balaban J connectivity index is 2.23. The molecule has 1 heterocycles. The van der Waals surface area contributed by atoms with E-state index in [0.717, 1.165) is 6.54 Å². The molecule has 0 aliphatic carbocycles. The number of ether oxygens (including phenoxy) is 1. The largest absolute Gasteiger partial charge is 0.370 e. The minimum absolute atomic E-state index is 0.492. The van der Waals surface area contributed by atoms with Crippen molar-refractivity contribution in [2.75, 3.05) is 6.54 Å². The van der Waals surface area contributed by atoms with Gasteiger partial charge in [-0.05, 0) is 26.3 Å². The number of rotatable bonds is 4. The SMILES string of the molecule is CCNC(C)C(C)C1OC1C. The van der Waals surface area contributed by atoms with Gasteiger partial charge in [-0.2, -0.15) is 0 Å². The van der Waals surface area contributed by atoms with Gasteiger partial charge in [0.05, 0.1) is 12.2 Å². The van der Waals surface area contributed by atoms with Gasteiger partial charge in [0.2, 0.25) is 0 Å². The van der Waals surface area contributed by atoms with Crippen molar-refractivity contribution in [3.8, 4) is 0 Å². The molecule has 2 heteroatoms. The molecule has 4 atom stereocenters. The van der Waals surface area contributed by atoms with E-state index in [9.17, 15) is 0 Å². The Morgan fingerprint density at radius 2 is 2.00 bits per heavy atom. The van der Waals surface area contributed by atoms with Crippen LogP contribution in [0.1, 0.15) is 27.7 Å². The van der Waals surface area contributed by atoms with Gasteiger partial charge in [0.1, 0.15) is 0 Å². The summed E-state index contributed by atoms with van der Waals surface area (Å²) in [7, 11) is 0. The molecular weight excluding hydrogens is 138 g/mol. The number of nitrogens with one attached hydrogen (secondary N) is 1. The maximum Gasteiger partial charge on any atom is 0.0879 e. The number of hydrogen-bond donors (Lipinski definition) is 1. The molecule has 0 radical (unpaired) electrons. The van der Waals surface area contributed by atoms with Crippen LogP contribution in [0.25, 0.3) is 0 Å². The maximum atomic E-state index is 5.41. The monoisotopic (exact) mass is 157 g/mol. The summed E-state index contributed by atoms with van der Waals surface area (Å²) in [5, 5.41) is 3.41. The minimum atomic E-state index is 0.492. The van der Waals surface area contributed by atoms with Crippen LogP contribution in [0.3, 0.4) is 0 Å². The Labute approximate surface area is 69.3 Å². The van der Waals surface area contributed by atoms with Crippen LogP contribution >= 0.6 is 0 Å². The average molecular weight is 157 g/mol. The first-order chi connectivity index (χ1) is 5.16. The van der Waals surface area contributed by atoms with E-state index in [2.05, 4.69) is 33.0 Å². The van der Waals surface area contributed by atoms with E-state index >= 15 is 0 Å². The molecule has 2 nitrogen and oxygen atoms in total. The Kier molecular flexibility index (Phi) is 2.90.